The van der Waals surface area contributed by atoms with Crippen molar-refractivity contribution in [2.75, 3.05) is 0 Å². The summed E-state index contributed by atoms with van der Waals surface area (Å²) in [6, 6.07) is 17.5. The molecule has 2 aliphatic rings. The molecule has 0 bridgehead atoms. The van der Waals surface area contributed by atoms with E-state index in [2.05, 4.69) is 62.4 Å². The molecule has 21 heavy (non-hydrogen) atoms. The lowest BCUT2D eigenvalue weighted by Gasteiger charge is -2.18. The molecule has 0 radical (unpaired) electrons. The predicted octanol–water partition coefficient (Wildman–Crippen LogP) is 4.90. The van der Waals surface area contributed by atoms with Crippen LogP contribution < -0.4 is 0 Å². The van der Waals surface area contributed by atoms with E-state index in [4.69, 9.17) is 4.74 Å². The van der Waals surface area contributed by atoms with Crippen LogP contribution in [-0.4, -0.2) is 6.10 Å². The van der Waals surface area contributed by atoms with Crippen molar-refractivity contribution in [1.82, 2.24) is 0 Å². The second kappa shape index (κ2) is 4.77. The Labute approximate surface area is 126 Å². The minimum Gasteiger partial charge on any atom is -0.489 e. The maximum Gasteiger partial charge on any atom is 0.131 e. The van der Waals surface area contributed by atoms with Crippen molar-refractivity contribution >= 4 is 11.3 Å². The molecule has 1 aliphatic carbocycles. The summed E-state index contributed by atoms with van der Waals surface area (Å²) in [5, 5.41) is 0. The number of hydrogen-bond donors (Lipinski definition) is 0. The van der Waals surface area contributed by atoms with Gasteiger partial charge in [0.15, 0.2) is 0 Å². The molecule has 106 valence electrons. The molecule has 0 saturated heterocycles. The number of fused-ring (bicyclic) bond motifs is 4. The van der Waals surface area contributed by atoms with Crippen molar-refractivity contribution in [1.29, 1.82) is 0 Å². The summed E-state index contributed by atoms with van der Waals surface area (Å²) < 4.78 is 6.37. The minimum absolute atomic E-state index is 0.300. The van der Waals surface area contributed by atoms with Crippen LogP contribution >= 0.6 is 0 Å². The predicted molar refractivity (Wildman–Crippen MR) is 86.8 cm³/mol. The van der Waals surface area contributed by atoms with Gasteiger partial charge in [0.1, 0.15) is 11.9 Å². The van der Waals surface area contributed by atoms with E-state index in [1.807, 2.05) is 0 Å². The SMILES string of the molecule is CC(C)C1CC2=C(O1)c1ccccc1Cc1ccccc12. The van der Waals surface area contributed by atoms with Crippen LogP contribution in [0.25, 0.3) is 11.3 Å². The largest absolute Gasteiger partial charge is 0.489 e. The van der Waals surface area contributed by atoms with E-state index in [1.54, 1.807) is 0 Å². The third-order valence-electron chi connectivity index (χ3n) is 4.68. The zero-order valence-corrected chi connectivity index (χ0v) is 12.6. The molecule has 0 N–H and O–H groups in total. The first kappa shape index (κ1) is 12.7. The van der Waals surface area contributed by atoms with Gasteiger partial charge in [0.2, 0.25) is 0 Å². The van der Waals surface area contributed by atoms with E-state index < -0.39 is 0 Å². The first-order chi connectivity index (χ1) is 10.2. The lowest BCUT2D eigenvalue weighted by Crippen LogP contribution is -2.14. The molecule has 0 fully saturated rings. The van der Waals surface area contributed by atoms with Gasteiger partial charge >= 0.3 is 0 Å². The van der Waals surface area contributed by atoms with Gasteiger partial charge in [-0.2, -0.15) is 0 Å². The summed E-state index contributed by atoms with van der Waals surface area (Å²) >= 11 is 0. The van der Waals surface area contributed by atoms with Gasteiger partial charge in [-0.1, -0.05) is 62.4 Å². The maximum atomic E-state index is 6.37. The summed E-state index contributed by atoms with van der Waals surface area (Å²) in [4.78, 5) is 0. The van der Waals surface area contributed by atoms with Crippen LogP contribution in [0.2, 0.25) is 0 Å². The Bertz CT molecular complexity index is 667. The number of rotatable bonds is 1. The van der Waals surface area contributed by atoms with Gasteiger partial charge in [0.25, 0.3) is 0 Å². The topological polar surface area (TPSA) is 9.23 Å². The van der Waals surface area contributed by atoms with Crippen LogP contribution in [0.3, 0.4) is 0 Å². The second-order valence-electron chi connectivity index (χ2n) is 6.40. The number of hydrogen-bond acceptors (Lipinski definition) is 1. The third kappa shape index (κ3) is 1.99. The highest BCUT2D eigenvalue weighted by Crippen LogP contribution is 2.45. The Morgan fingerprint density at radius 2 is 1.52 bits per heavy atom. The van der Waals surface area contributed by atoms with Crippen molar-refractivity contribution in [3.05, 3.63) is 70.8 Å². The van der Waals surface area contributed by atoms with Gasteiger partial charge in [0.05, 0.1) is 0 Å². The van der Waals surface area contributed by atoms with Gasteiger partial charge in [-0.15, -0.1) is 0 Å². The normalized spacial score (nSPS) is 19.7. The van der Waals surface area contributed by atoms with Crippen LogP contribution in [0.5, 0.6) is 0 Å². The minimum atomic E-state index is 0.300. The molecular formula is C20H20O. The van der Waals surface area contributed by atoms with Crippen molar-refractivity contribution in [3.63, 3.8) is 0 Å². The smallest absolute Gasteiger partial charge is 0.131 e. The van der Waals surface area contributed by atoms with Crippen LogP contribution in [0.15, 0.2) is 48.5 Å². The molecule has 1 heteroatoms. The molecule has 1 nitrogen and oxygen atoms in total. The monoisotopic (exact) mass is 276 g/mol. The average molecular weight is 276 g/mol. The van der Waals surface area contributed by atoms with E-state index >= 15 is 0 Å². The number of benzene rings is 2. The molecule has 1 unspecified atom stereocenters. The van der Waals surface area contributed by atoms with Crippen molar-refractivity contribution in [2.45, 2.75) is 32.8 Å². The van der Waals surface area contributed by atoms with Crippen molar-refractivity contribution in [3.8, 4) is 0 Å². The fourth-order valence-electron chi connectivity index (χ4n) is 3.46. The Kier molecular flexibility index (Phi) is 2.88. The summed E-state index contributed by atoms with van der Waals surface area (Å²) in [6.07, 6.45) is 2.32. The molecular weight excluding hydrogens is 256 g/mol. The van der Waals surface area contributed by atoms with Crippen molar-refractivity contribution in [2.24, 2.45) is 5.92 Å². The summed E-state index contributed by atoms with van der Waals surface area (Å²) in [7, 11) is 0. The first-order valence-corrected chi connectivity index (χ1v) is 7.80. The Balaban J connectivity index is 1.93. The van der Waals surface area contributed by atoms with Crippen molar-refractivity contribution < 1.29 is 4.74 Å². The Morgan fingerprint density at radius 3 is 2.24 bits per heavy atom. The van der Waals surface area contributed by atoms with Crippen LogP contribution in [0.1, 0.15) is 42.5 Å². The van der Waals surface area contributed by atoms with E-state index in [-0.39, 0.29) is 0 Å². The van der Waals surface area contributed by atoms with E-state index in [0.717, 1.165) is 18.6 Å². The van der Waals surface area contributed by atoms with Gasteiger partial charge in [-0.05, 0) is 29.0 Å². The molecule has 0 aromatic heterocycles. The van der Waals surface area contributed by atoms with Gasteiger partial charge in [-0.25, -0.2) is 0 Å². The van der Waals surface area contributed by atoms with Crippen LogP contribution in [0.4, 0.5) is 0 Å². The van der Waals surface area contributed by atoms with Gasteiger partial charge in [0, 0.05) is 17.6 Å². The number of ether oxygens (including phenoxy) is 1. The quantitative estimate of drug-likeness (QED) is 0.719. The Morgan fingerprint density at radius 1 is 0.905 bits per heavy atom. The molecule has 0 spiro atoms. The van der Waals surface area contributed by atoms with E-state index in [0.29, 0.717) is 12.0 Å². The molecule has 0 saturated carbocycles. The first-order valence-electron chi connectivity index (χ1n) is 7.80. The zero-order chi connectivity index (χ0) is 14.4. The second-order valence-corrected chi connectivity index (χ2v) is 6.40. The highest BCUT2D eigenvalue weighted by atomic mass is 16.5. The molecule has 2 aromatic carbocycles. The lowest BCUT2D eigenvalue weighted by molar-refractivity contribution is 0.142. The lowest BCUT2D eigenvalue weighted by atomic mass is 9.93. The molecule has 2 aromatic rings. The molecule has 1 heterocycles. The van der Waals surface area contributed by atoms with Crippen LogP contribution in [-0.2, 0) is 11.2 Å². The van der Waals surface area contributed by atoms with Crippen LogP contribution in [0, 0.1) is 5.92 Å². The standard InChI is InChI=1S/C20H20O/c1-13(2)19-12-18-16-9-5-3-7-14(16)11-15-8-4-6-10-17(15)20(18)21-19/h3-10,13,19H,11-12H2,1-2H3. The summed E-state index contributed by atoms with van der Waals surface area (Å²) in [5.74, 6) is 1.66. The zero-order valence-electron chi connectivity index (χ0n) is 12.6. The highest BCUT2D eigenvalue weighted by Gasteiger charge is 2.33. The highest BCUT2D eigenvalue weighted by molar-refractivity contribution is 5.92. The van der Waals surface area contributed by atoms with Gasteiger partial charge in [-0.3, -0.25) is 0 Å². The van der Waals surface area contributed by atoms with E-state index in [1.165, 1.54) is 27.8 Å². The third-order valence-corrected chi connectivity index (χ3v) is 4.68. The maximum absolute atomic E-state index is 6.37. The molecule has 1 aliphatic heterocycles. The summed E-state index contributed by atoms with van der Waals surface area (Å²) in [6.45, 7) is 4.49. The molecule has 1 atom stereocenters. The average Bonchev–Trinajstić information content (AvgIpc) is 2.89. The fraction of sp³-hybridized carbons (Fsp3) is 0.300. The summed E-state index contributed by atoms with van der Waals surface area (Å²) in [5.41, 5.74) is 6.86. The van der Waals surface area contributed by atoms with E-state index in [9.17, 15) is 0 Å². The molecule has 4 rings (SSSR count). The fourth-order valence-corrected chi connectivity index (χ4v) is 3.46. The van der Waals surface area contributed by atoms with Gasteiger partial charge < -0.3 is 4.74 Å². The Hall–Kier alpha value is -2.02. The molecule has 0 amide bonds.